The number of hydrogen-bond donors (Lipinski definition) is 1. The maximum Gasteiger partial charge on any atom is 0.307 e. The zero-order valence-electron chi connectivity index (χ0n) is 9.17. The normalized spacial score (nSPS) is 10.8. The molecular weight excluding hydrogens is 232 g/mol. The van der Waals surface area contributed by atoms with Crippen molar-refractivity contribution in [3.05, 3.63) is 53.4 Å². The molecule has 2 aromatic rings. The Morgan fingerprint density at radius 3 is 2.88 bits per heavy atom. The summed E-state index contributed by atoms with van der Waals surface area (Å²) in [5.41, 5.74) is 2.19. The van der Waals surface area contributed by atoms with E-state index in [1.54, 1.807) is 17.4 Å². The van der Waals surface area contributed by atoms with E-state index in [0.717, 1.165) is 11.1 Å². The monoisotopic (exact) mass is 244 g/mol. The molecule has 0 spiro atoms. The molecule has 3 heteroatoms. The summed E-state index contributed by atoms with van der Waals surface area (Å²) in [6, 6.07) is 12.2. The van der Waals surface area contributed by atoms with Crippen LogP contribution >= 0.6 is 11.3 Å². The second-order valence-corrected chi connectivity index (χ2v) is 4.55. The molecule has 1 N–H and O–H groups in total. The van der Waals surface area contributed by atoms with Gasteiger partial charge in [0.25, 0.3) is 0 Å². The highest BCUT2D eigenvalue weighted by Crippen LogP contribution is 2.25. The Morgan fingerprint density at radius 1 is 1.29 bits per heavy atom. The number of aliphatic carboxylic acids is 1. The van der Waals surface area contributed by atoms with E-state index in [4.69, 9.17) is 5.11 Å². The topological polar surface area (TPSA) is 37.3 Å². The van der Waals surface area contributed by atoms with E-state index in [1.807, 2.05) is 29.7 Å². The van der Waals surface area contributed by atoms with E-state index < -0.39 is 5.97 Å². The molecule has 0 fully saturated rings. The lowest BCUT2D eigenvalue weighted by atomic mass is 10.1. The summed E-state index contributed by atoms with van der Waals surface area (Å²) in [5.74, 6) is -0.810. The van der Waals surface area contributed by atoms with E-state index in [9.17, 15) is 4.79 Å². The van der Waals surface area contributed by atoms with E-state index >= 15 is 0 Å². The standard InChI is InChI=1S/C14H12O2S/c15-14(16)8-2-5-11-4-1-6-12(10-11)13-7-3-9-17-13/h1-7,9-10H,8H2,(H,15,16)/b5-2+. The molecule has 86 valence electrons. The number of benzene rings is 1. The predicted octanol–water partition coefficient (Wildman–Crippen LogP) is 3.90. The van der Waals surface area contributed by atoms with E-state index in [2.05, 4.69) is 18.2 Å². The van der Waals surface area contributed by atoms with E-state index in [1.165, 1.54) is 4.88 Å². The van der Waals surface area contributed by atoms with Crippen LogP contribution in [0.15, 0.2) is 47.9 Å². The van der Waals surface area contributed by atoms with Crippen LogP contribution in [0, 0.1) is 0 Å². The Balaban J connectivity index is 2.17. The lowest BCUT2D eigenvalue weighted by Gasteiger charge is -1.99. The molecular formula is C14H12O2S. The first-order chi connectivity index (χ1) is 8.25. The first-order valence-corrected chi connectivity index (χ1v) is 6.16. The van der Waals surface area contributed by atoms with Crippen molar-refractivity contribution in [3.8, 4) is 10.4 Å². The van der Waals surface area contributed by atoms with Gasteiger partial charge in [-0.1, -0.05) is 36.4 Å². The van der Waals surface area contributed by atoms with Crippen LogP contribution in [-0.4, -0.2) is 11.1 Å². The lowest BCUT2D eigenvalue weighted by molar-refractivity contribution is -0.135. The van der Waals surface area contributed by atoms with Crippen LogP contribution in [0.3, 0.4) is 0 Å². The summed E-state index contributed by atoms with van der Waals surface area (Å²) < 4.78 is 0. The Bertz CT molecular complexity index is 527. The predicted molar refractivity (Wildman–Crippen MR) is 71.0 cm³/mol. The zero-order chi connectivity index (χ0) is 12.1. The molecule has 1 aromatic heterocycles. The van der Waals surface area contributed by atoms with Crippen LogP contribution in [0.4, 0.5) is 0 Å². The van der Waals surface area contributed by atoms with Gasteiger partial charge in [0.2, 0.25) is 0 Å². The van der Waals surface area contributed by atoms with Gasteiger partial charge in [0.1, 0.15) is 0 Å². The molecule has 0 radical (unpaired) electrons. The van der Waals surface area contributed by atoms with Gasteiger partial charge in [-0.25, -0.2) is 0 Å². The van der Waals surface area contributed by atoms with Crippen LogP contribution in [0.25, 0.3) is 16.5 Å². The third-order valence-electron chi connectivity index (χ3n) is 2.30. The van der Waals surface area contributed by atoms with Gasteiger partial charge in [-0.3, -0.25) is 4.79 Å². The minimum Gasteiger partial charge on any atom is -0.481 e. The highest BCUT2D eigenvalue weighted by Gasteiger charge is 1.98. The highest BCUT2D eigenvalue weighted by atomic mass is 32.1. The van der Waals surface area contributed by atoms with Gasteiger partial charge in [-0.05, 0) is 28.6 Å². The number of carboxylic acid groups (broad SMARTS) is 1. The first kappa shape index (κ1) is 11.6. The molecule has 1 heterocycles. The number of thiophene rings is 1. The van der Waals surface area contributed by atoms with Gasteiger partial charge in [0.05, 0.1) is 6.42 Å². The summed E-state index contributed by atoms with van der Waals surface area (Å²) in [4.78, 5) is 11.6. The minimum absolute atomic E-state index is 0.0588. The molecule has 0 aliphatic rings. The molecule has 2 rings (SSSR count). The smallest absolute Gasteiger partial charge is 0.307 e. The average Bonchev–Trinajstić information content (AvgIpc) is 2.82. The fourth-order valence-corrected chi connectivity index (χ4v) is 2.26. The second kappa shape index (κ2) is 5.46. The maximum atomic E-state index is 10.4. The fourth-order valence-electron chi connectivity index (χ4n) is 1.53. The molecule has 0 atom stereocenters. The molecule has 0 bridgehead atoms. The second-order valence-electron chi connectivity index (χ2n) is 3.60. The Labute approximate surface area is 104 Å². The van der Waals surface area contributed by atoms with Crippen molar-refractivity contribution in [2.75, 3.05) is 0 Å². The molecule has 0 unspecified atom stereocenters. The van der Waals surface area contributed by atoms with Gasteiger partial charge in [-0.15, -0.1) is 11.3 Å². The Hall–Kier alpha value is -1.87. The van der Waals surface area contributed by atoms with Gasteiger partial charge < -0.3 is 5.11 Å². The van der Waals surface area contributed by atoms with Gasteiger partial charge >= 0.3 is 5.97 Å². The van der Waals surface area contributed by atoms with Crippen molar-refractivity contribution in [2.45, 2.75) is 6.42 Å². The number of hydrogen-bond acceptors (Lipinski definition) is 2. The maximum absolute atomic E-state index is 10.4. The van der Waals surface area contributed by atoms with Gasteiger partial charge in [-0.2, -0.15) is 0 Å². The summed E-state index contributed by atoms with van der Waals surface area (Å²) in [7, 11) is 0. The molecule has 1 aromatic carbocycles. The SMILES string of the molecule is O=C(O)C/C=C/c1cccc(-c2cccs2)c1. The largest absolute Gasteiger partial charge is 0.481 e. The van der Waals surface area contributed by atoms with Crippen molar-refractivity contribution < 1.29 is 9.90 Å². The number of carboxylic acids is 1. The average molecular weight is 244 g/mol. The molecule has 0 amide bonds. The van der Waals surface area contributed by atoms with Crippen molar-refractivity contribution in [1.29, 1.82) is 0 Å². The van der Waals surface area contributed by atoms with Gasteiger partial charge in [0, 0.05) is 4.88 Å². The first-order valence-electron chi connectivity index (χ1n) is 5.28. The van der Waals surface area contributed by atoms with E-state index in [-0.39, 0.29) is 6.42 Å². The third kappa shape index (κ3) is 3.29. The molecule has 2 nitrogen and oxygen atoms in total. The van der Waals surface area contributed by atoms with Crippen LogP contribution in [0.1, 0.15) is 12.0 Å². The van der Waals surface area contributed by atoms with Crippen molar-refractivity contribution in [2.24, 2.45) is 0 Å². The van der Waals surface area contributed by atoms with Crippen molar-refractivity contribution >= 4 is 23.4 Å². The minimum atomic E-state index is -0.810. The molecule has 0 aliphatic carbocycles. The van der Waals surface area contributed by atoms with Crippen molar-refractivity contribution in [3.63, 3.8) is 0 Å². The van der Waals surface area contributed by atoms with E-state index in [0.29, 0.717) is 0 Å². The molecule has 0 aliphatic heterocycles. The van der Waals surface area contributed by atoms with Crippen LogP contribution in [0.5, 0.6) is 0 Å². The van der Waals surface area contributed by atoms with Crippen LogP contribution < -0.4 is 0 Å². The molecule has 0 saturated carbocycles. The Kier molecular flexibility index (Phi) is 3.73. The summed E-state index contributed by atoms with van der Waals surface area (Å²) in [5, 5.41) is 10.6. The number of carbonyl (C=O) groups is 1. The third-order valence-corrected chi connectivity index (χ3v) is 3.21. The Morgan fingerprint density at radius 2 is 2.18 bits per heavy atom. The number of rotatable bonds is 4. The molecule has 0 saturated heterocycles. The van der Waals surface area contributed by atoms with Crippen molar-refractivity contribution in [1.82, 2.24) is 0 Å². The van der Waals surface area contributed by atoms with Gasteiger partial charge in [0.15, 0.2) is 0 Å². The molecule has 17 heavy (non-hydrogen) atoms. The van der Waals surface area contributed by atoms with Crippen LogP contribution in [-0.2, 0) is 4.79 Å². The quantitative estimate of drug-likeness (QED) is 0.885. The summed E-state index contributed by atoms with van der Waals surface area (Å²) >= 11 is 1.70. The summed E-state index contributed by atoms with van der Waals surface area (Å²) in [6.07, 6.45) is 3.56. The lowest BCUT2D eigenvalue weighted by Crippen LogP contribution is -1.89. The zero-order valence-corrected chi connectivity index (χ0v) is 9.98. The fraction of sp³-hybridized carbons (Fsp3) is 0.0714. The highest BCUT2D eigenvalue weighted by molar-refractivity contribution is 7.13. The summed E-state index contributed by atoms with van der Waals surface area (Å²) in [6.45, 7) is 0. The van der Waals surface area contributed by atoms with Crippen LogP contribution in [0.2, 0.25) is 0 Å².